The SMILES string of the molecule is COC(=O)[C@@H](C)Cc1ccc(C)c(B2OC(C)(C)C(C)(C)O2)c1. The molecular formula is C18H27BO4. The van der Waals surface area contributed by atoms with Gasteiger partial charge in [-0.25, -0.2) is 0 Å². The van der Waals surface area contributed by atoms with Crippen molar-refractivity contribution in [3.63, 3.8) is 0 Å². The van der Waals surface area contributed by atoms with E-state index in [9.17, 15) is 4.79 Å². The fraction of sp³-hybridized carbons (Fsp3) is 0.611. The van der Waals surface area contributed by atoms with Gasteiger partial charge in [0.25, 0.3) is 0 Å². The molecule has 1 aliphatic rings. The van der Waals surface area contributed by atoms with E-state index in [4.69, 9.17) is 14.0 Å². The zero-order chi connectivity index (χ0) is 17.4. The highest BCUT2D eigenvalue weighted by molar-refractivity contribution is 6.62. The summed E-state index contributed by atoms with van der Waals surface area (Å²) < 4.78 is 17.1. The predicted molar refractivity (Wildman–Crippen MR) is 91.8 cm³/mol. The molecular weight excluding hydrogens is 291 g/mol. The van der Waals surface area contributed by atoms with Gasteiger partial charge in [0.05, 0.1) is 24.2 Å². The second kappa shape index (κ2) is 6.29. The molecule has 0 amide bonds. The molecule has 5 heteroatoms. The van der Waals surface area contributed by atoms with Crippen LogP contribution in [0.15, 0.2) is 18.2 Å². The van der Waals surface area contributed by atoms with E-state index < -0.39 is 0 Å². The van der Waals surface area contributed by atoms with Crippen molar-refractivity contribution < 1.29 is 18.8 Å². The molecule has 0 aromatic heterocycles. The number of aryl methyl sites for hydroxylation is 1. The topological polar surface area (TPSA) is 44.8 Å². The molecule has 1 aromatic rings. The lowest BCUT2D eigenvalue weighted by molar-refractivity contribution is -0.144. The van der Waals surface area contributed by atoms with Crippen LogP contribution in [0.2, 0.25) is 0 Å². The summed E-state index contributed by atoms with van der Waals surface area (Å²) in [5.74, 6) is -0.364. The van der Waals surface area contributed by atoms with Crippen LogP contribution in [0, 0.1) is 12.8 Å². The number of hydrogen-bond acceptors (Lipinski definition) is 4. The van der Waals surface area contributed by atoms with Crippen LogP contribution >= 0.6 is 0 Å². The van der Waals surface area contributed by atoms with Gasteiger partial charge in [0.1, 0.15) is 0 Å². The van der Waals surface area contributed by atoms with Gasteiger partial charge in [-0.3, -0.25) is 4.79 Å². The summed E-state index contributed by atoms with van der Waals surface area (Å²) >= 11 is 0. The van der Waals surface area contributed by atoms with Crippen molar-refractivity contribution in [2.45, 2.75) is 59.2 Å². The first-order valence-corrected chi connectivity index (χ1v) is 8.10. The van der Waals surface area contributed by atoms with Gasteiger partial charge < -0.3 is 14.0 Å². The molecule has 0 bridgehead atoms. The van der Waals surface area contributed by atoms with Crippen LogP contribution in [0.1, 0.15) is 45.7 Å². The molecule has 1 heterocycles. The number of carbonyl (C=O) groups excluding carboxylic acids is 1. The highest BCUT2D eigenvalue weighted by Crippen LogP contribution is 2.36. The molecule has 1 saturated heterocycles. The van der Waals surface area contributed by atoms with Crippen molar-refractivity contribution in [2.24, 2.45) is 5.92 Å². The Balaban J connectivity index is 2.24. The second-order valence-corrected chi connectivity index (χ2v) is 7.41. The number of esters is 1. The molecule has 126 valence electrons. The number of hydrogen-bond donors (Lipinski definition) is 0. The smallest absolute Gasteiger partial charge is 0.469 e. The van der Waals surface area contributed by atoms with E-state index in [0.29, 0.717) is 6.42 Å². The second-order valence-electron chi connectivity index (χ2n) is 7.41. The zero-order valence-corrected chi connectivity index (χ0v) is 15.2. The lowest BCUT2D eigenvalue weighted by Crippen LogP contribution is -2.41. The molecule has 2 rings (SSSR count). The normalized spacial score (nSPS) is 20.4. The number of ether oxygens (including phenoxy) is 1. The van der Waals surface area contributed by atoms with E-state index in [1.807, 2.05) is 47.6 Å². The molecule has 0 spiro atoms. The molecule has 1 aliphatic heterocycles. The number of rotatable bonds is 4. The first kappa shape index (κ1) is 18.0. The lowest BCUT2D eigenvalue weighted by atomic mass is 9.75. The summed E-state index contributed by atoms with van der Waals surface area (Å²) in [5.41, 5.74) is 2.51. The third kappa shape index (κ3) is 3.61. The van der Waals surface area contributed by atoms with Crippen molar-refractivity contribution in [2.75, 3.05) is 7.11 Å². The van der Waals surface area contributed by atoms with Crippen molar-refractivity contribution in [1.29, 1.82) is 0 Å². The number of methoxy groups -OCH3 is 1. The first-order valence-electron chi connectivity index (χ1n) is 8.10. The van der Waals surface area contributed by atoms with Gasteiger partial charge in [-0.1, -0.05) is 30.7 Å². The van der Waals surface area contributed by atoms with E-state index >= 15 is 0 Å². The van der Waals surface area contributed by atoms with Crippen molar-refractivity contribution in [3.05, 3.63) is 29.3 Å². The van der Waals surface area contributed by atoms with E-state index in [0.717, 1.165) is 16.6 Å². The average Bonchev–Trinajstić information content (AvgIpc) is 2.68. The molecule has 0 unspecified atom stereocenters. The minimum Gasteiger partial charge on any atom is -0.469 e. The molecule has 0 N–H and O–H groups in total. The van der Waals surface area contributed by atoms with Crippen LogP contribution < -0.4 is 5.46 Å². The number of benzene rings is 1. The minimum absolute atomic E-state index is 0.172. The Kier molecular flexibility index (Phi) is 4.93. The Morgan fingerprint density at radius 2 is 1.78 bits per heavy atom. The van der Waals surface area contributed by atoms with E-state index in [1.165, 1.54) is 7.11 Å². The first-order chi connectivity index (χ1) is 10.6. The average molecular weight is 318 g/mol. The Morgan fingerprint density at radius 1 is 1.22 bits per heavy atom. The van der Waals surface area contributed by atoms with Gasteiger partial charge >= 0.3 is 13.1 Å². The molecule has 4 nitrogen and oxygen atoms in total. The van der Waals surface area contributed by atoms with Gasteiger partial charge in [-0.2, -0.15) is 0 Å². The standard InChI is InChI=1S/C18H27BO4/c1-12-8-9-14(10-13(2)16(20)21-7)11-15(12)19-22-17(3,4)18(5,6)23-19/h8-9,11,13H,10H2,1-7H3/t13-/m0/s1. The van der Waals surface area contributed by atoms with Crippen LogP contribution in [0.5, 0.6) is 0 Å². The third-order valence-corrected chi connectivity index (χ3v) is 5.00. The lowest BCUT2D eigenvalue weighted by Gasteiger charge is -2.32. The van der Waals surface area contributed by atoms with Gasteiger partial charge in [0.2, 0.25) is 0 Å². The monoisotopic (exact) mass is 318 g/mol. The predicted octanol–water partition coefficient (Wildman–Crippen LogP) is 2.65. The highest BCUT2D eigenvalue weighted by Gasteiger charge is 2.52. The van der Waals surface area contributed by atoms with Crippen molar-refractivity contribution in [1.82, 2.24) is 0 Å². The maximum Gasteiger partial charge on any atom is 0.495 e. The summed E-state index contributed by atoms with van der Waals surface area (Å²) in [4.78, 5) is 11.6. The van der Waals surface area contributed by atoms with Crippen LogP contribution in [0.4, 0.5) is 0 Å². The summed E-state index contributed by atoms with van der Waals surface area (Å²) in [7, 11) is 1.04. The van der Waals surface area contributed by atoms with Crippen LogP contribution in [-0.2, 0) is 25.3 Å². The van der Waals surface area contributed by atoms with Gasteiger partial charge in [-0.05, 0) is 52.1 Å². The zero-order valence-electron chi connectivity index (χ0n) is 15.2. The summed E-state index contributed by atoms with van der Waals surface area (Å²) in [6, 6.07) is 6.18. The highest BCUT2D eigenvalue weighted by atomic mass is 16.7. The third-order valence-electron chi connectivity index (χ3n) is 5.00. The molecule has 23 heavy (non-hydrogen) atoms. The van der Waals surface area contributed by atoms with Crippen LogP contribution in [0.3, 0.4) is 0 Å². The summed E-state index contributed by atoms with van der Waals surface area (Å²) in [6.45, 7) is 12.1. The van der Waals surface area contributed by atoms with Gasteiger partial charge in [-0.15, -0.1) is 0 Å². The molecule has 1 fully saturated rings. The molecule has 0 saturated carbocycles. The van der Waals surface area contributed by atoms with E-state index in [1.54, 1.807) is 0 Å². The van der Waals surface area contributed by atoms with E-state index in [-0.39, 0.29) is 30.2 Å². The van der Waals surface area contributed by atoms with Gasteiger partial charge in [0.15, 0.2) is 0 Å². The van der Waals surface area contributed by atoms with Gasteiger partial charge in [0, 0.05) is 0 Å². The quantitative estimate of drug-likeness (QED) is 0.632. The fourth-order valence-corrected chi connectivity index (χ4v) is 2.68. The largest absolute Gasteiger partial charge is 0.495 e. The Hall–Kier alpha value is -1.33. The number of carbonyl (C=O) groups is 1. The Bertz CT molecular complexity index is 579. The maximum absolute atomic E-state index is 11.6. The van der Waals surface area contributed by atoms with Crippen LogP contribution in [0.25, 0.3) is 0 Å². The fourth-order valence-electron chi connectivity index (χ4n) is 2.68. The van der Waals surface area contributed by atoms with Crippen molar-refractivity contribution in [3.8, 4) is 0 Å². The summed E-state index contributed by atoms with van der Waals surface area (Å²) in [5, 5.41) is 0. The molecule has 1 atom stereocenters. The molecule has 0 radical (unpaired) electrons. The minimum atomic E-state index is -0.381. The Morgan fingerprint density at radius 3 is 2.30 bits per heavy atom. The molecule has 0 aliphatic carbocycles. The molecule has 1 aromatic carbocycles. The van der Waals surface area contributed by atoms with E-state index in [2.05, 4.69) is 12.1 Å². The van der Waals surface area contributed by atoms with Crippen molar-refractivity contribution >= 4 is 18.6 Å². The van der Waals surface area contributed by atoms with Crippen LogP contribution in [-0.4, -0.2) is 31.4 Å². The maximum atomic E-state index is 11.6. The summed E-state index contributed by atoms with van der Waals surface area (Å²) in [6.07, 6.45) is 0.638. The Labute approximate surface area is 139 Å².